The number of hydrogen-bond acceptors (Lipinski definition) is 4. The minimum atomic E-state index is -3.71. The molecule has 24 heavy (non-hydrogen) atoms. The molecule has 1 aliphatic carbocycles. The van der Waals surface area contributed by atoms with Crippen LogP contribution in [0.1, 0.15) is 22.8 Å². The quantitative estimate of drug-likeness (QED) is 0.750. The SMILES string of the molecule is NS(=O)(=O)c1ccc(CNC(=O)N[C@H]2C[C@H]2c2cccc(F)c2)s1. The summed E-state index contributed by atoms with van der Waals surface area (Å²) in [6, 6.07) is 9.02. The summed E-state index contributed by atoms with van der Waals surface area (Å²) < 4.78 is 35.6. The number of amides is 2. The van der Waals surface area contributed by atoms with Gasteiger partial charge in [-0.3, -0.25) is 0 Å². The van der Waals surface area contributed by atoms with Crippen molar-refractivity contribution in [2.75, 3.05) is 0 Å². The zero-order valence-corrected chi connectivity index (χ0v) is 14.2. The molecule has 0 saturated heterocycles. The van der Waals surface area contributed by atoms with E-state index >= 15 is 0 Å². The van der Waals surface area contributed by atoms with E-state index in [9.17, 15) is 17.6 Å². The molecule has 9 heteroatoms. The number of rotatable bonds is 5. The van der Waals surface area contributed by atoms with Gasteiger partial charge in [-0.15, -0.1) is 11.3 Å². The van der Waals surface area contributed by atoms with Crippen molar-refractivity contribution in [3.05, 3.63) is 52.7 Å². The highest BCUT2D eigenvalue weighted by atomic mass is 32.2. The van der Waals surface area contributed by atoms with Crippen LogP contribution >= 0.6 is 11.3 Å². The molecule has 0 bridgehead atoms. The minimum absolute atomic E-state index is 0.0184. The average Bonchev–Trinajstić information content (AvgIpc) is 3.08. The summed E-state index contributed by atoms with van der Waals surface area (Å²) in [7, 11) is -3.71. The molecule has 0 radical (unpaired) electrons. The summed E-state index contributed by atoms with van der Waals surface area (Å²) in [5, 5.41) is 10.5. The van der Waals surface area contributed by atoms with E-state index in [2.05, 4.69) is 10.6 Å². The van der Waals surface area contributed by atoms with E-state index in [1.807, 2.05) is 6.07 Å². The summed E-state index contributed by atoms with van der Waals surface area (Å²) in [5.74, 6) is -0.159. The standard InChI is InChI=1S/C15H16FN3O3S2/c16-10-3-1-2-9(6-10)12-7-13(12)19-15(20)18-8-11-4-5-14(23-11)24(17,21)22/h1-6,12-13H,7-8H2,(H2,17,21,22)(H2,18,19,20)/t12-,13-/m0/s1. The van der Waals surface area contributed by atoms with Crippen LogP contribution in [0.15, 0.2) is 40.6 Å². The van der Waals surface area contributed by atoms with Gasteiger partial charge in [0.05, 0.1) is 6.54 Å². The zero-order chi connectivity index (χ0) is 17.3. The van der Waals surface area contributed by atoms with Crippen LogP contribution in [0.4, 0.5) is 9.18 Å². The van der Waals surface area contributed by atoms with Crippen LogP contribution in [0.25, 0.3) is 0 Å². The van der Waals surface area contributed by atoms with Gasteiger partial charge in [0.15, 0.2) is 0 Å². The first-order valence-electron chi connectivity index (χ1n) is 7.24. The van der Waals surface area contributed by atoms with Crippen molar-refractivity contribution in [1.82, 2.24) is 10.6 Å². The van der Waals surface area contributed by atoms with Gasteiger partial charge in [0.25, 0.3) is 0 Å². The van der Waals surface area contributed by atoms with E-state index < -0.39 is 10.0 Å². The van der Waals surface area contributed by atoms with Crippen molar-refractivity contribution < 1.29 is 17.6 Å². The van der Waals surface area contributed by atoms with Crippen molar-refractivity contribution >= 4 is 27.4 Å². The molecule has 2 amide bonds. The number of nitrogens with one attached hydrogen (secondary N) is 2. The number of thiophene rings is 1. The van der Waals surface area contributed by atoms with Gasteiger partial charge in [0, 0.05) is 16.8 Å². The van der Waals surface area contributed by atoms with Crippen LogP contribution in [-0.4, -0.2) is 20.5 Å². The van der Waals surface area contributed by atoms with Gasteiger partial charge in [-0.1, -0.05) is 12.1 Å². The van der Waals surface area contributed by atoms with Gasteiger partial charge in [-0.25, -0.2) is 22.7 Å². The van der Waals surface area contributed by atoms with Gasteiger partial charge in [0.2, 0.25) is 10.0 Å². The largest absolute Gasteiger partial charge is 0.335 e. The number of urea groups is 1. The number of benzene rings is 1. The number of primary sulfonamides is 1. The molecule has 0 aliphatic heterocycles. The predicted octanol–water partition coefficient (Wildman–Crippen LogP) is 1.89. The number of hydrogen-bond donors (Lipinski definition) is 3. The predicted molar refractivity (Wildman–Crippen MR) is 88.6 cm³/mol. The van der Waals surface area contributed by atoms with Gasteiger partial charge in [0.1, 0.15) is 10.0 Å². The molecular formula is C15H16FN3O3S2. The fourth-order valence-electron chi connectivity index (χ4n) is 2.45. The molecular weight excluding hydrogens is 353 g/mol. The first-order chi connectivity index (χ1) is 11.3. The second kappa shape index (κ2) is 6.50. The van der Waals surface area contributed by atoms with Crippen LogP contribution in [0.2, 0.25) is 0 Å². The second-order valence-corrected chi connectivity index (χ2v) is 8.55. The Kier molecular flexibility index (Phi) is 4.57. The number of sulfonamides is 1. The van der Waals surface area contributed by atoms with Crippen LogP contribution in [-0.2, 0) is 16.6 Å². The fraction of sp³-hybridized carbons (Fsp3) is 0.267. The monoisotopic (exact) mass is 369 g/mol. The van der Waals surface area contributed by atoms with Crippen molar-refractivity contribution in [3.8, 4) is 0 Å². The molecule has 1 saturated carbocycles. The molecule has 0 spiro atoms. The molecule has 0 unspecified atom stereocenters. The van der Waals surface area contributed by atoms with E-state index in [1.54, 1.807) is 12.1 Å². The third-order valence-corrected chi connectivity index (χ3v) is 6.25. The summed E-state index contributed by atoms with van der Waals surface area (Å²) in [6.07, 6.45) is 0.769. The molecule has 128 valence electrons. The zero-order valence-electron chi connectivity index (χ0n) is 12.5. The lowest BCUT2D eigenvalue weighted by Crippen LogP contribution is -2.36. The Labute approximate surface area is 142 Å². The maximum absolute atomic E-state index is 13.2. The molecule has 1 heterocycles. The Hall–Kier alpha value is -1.97. The Balaban J connectivity index is 1.48. The van der Waals surface area contributed by atoms with Crippen molar-refractivity contribution in [2.45, 2.75) is 29.1 Å². The lowest BCUT2D eigenvalue weighted by Gasteiger charge is -2.06. The molecule has 6 nitrogen and oxygen atoms in total. The lowest BCUT2D eigenvalue weighted by molar-refractivity contribution is 0.240. The van der Waals surface area contributed by atoms with E-state index in [4.69, 9.17) is 5.14 Å². The smallest absolute Gasteiger partial charge is 0.315 e. The lowest BCUT2D eigenvalue weighted by atomic mass is 10.1. The molecule has 3 rings (SSSR count). The van der Waals surface area contributed by atoms with Crippen molar-refractivity contribution in [3.63, 3.8) is 0 Å². The average molecular weight is 369 g/mol. The number of halogens is 1. The highest BCUT2D eigenvalue weighted by molar-refractivity contribution is 7.91. The third-order valence-electron chi connectivity index (χ3n) is 3.72. The first-order valence-corrected chi connectivity index (χ1v) is 9.60. The Bertz CT molecular complexity index is 866. The van der Waals surface area contributed by atoms with E-state index in [0.717, 1.165) is 23.3 Å². The summed E-state index contributed by atoms with van der Waals surface area (Å²) in [4.78, 5) is 12.6. The van der Waals surface area contributed by atoms with E-state index in [-0.39, 0.29) is 34.6 Å². The van der Waals surface area contributed by atoms with Crippen LogP contribution in [0.3, 0.4) is 0 Å². The maximum atomic E-state index is 13.2. The highest BCUT2D eigenvalue weighted by Gasteiger charge is 2.39. The molecule has 4 N–H and O–H groups in total. The van der Waals surface area contributed by atoms with Gasteiger partial charge < -0.3 is 10.6 Å². The molecule has 1 fully saturated rings. The molecule has 1 aromatic heterocycles. The summed E-state index contributed by atoms with van der Waals surface area (Å²) in [5.41, 5.74) is 0.872. The minimum Gasteiger partial charge on any atom is -0.335 e. The Morgan fingerprint density at radius 1 is 1.33 bits per heavy atom. The van der Waals surface area contributed by atoms with Crippen molar-refractivity contribution in [2.24, 2.45) is 5.14 Å². The second-order valence-electron chi connectivity index (χ2n) is 5.60. The molecule has 1 aromatic carbocycles. The van der Waals surface area contributed by atoms with Crippen molar-refractivity contribution in [1.29, 1.82) is 0 Å². The maximum Gasteiger partial charge on any atom is 0.315 e. The van der Waals surface area contributed by atoms with E-state index in [0.29, 0.717) is 4.88 Å². The Morgan fingerprint density at radius 3 is 2.79 bits per heavy atom. The van der Waals surface area contributed by atoms with Gasteiger partial charge >= 0.3 is 6.03 Å². The molecule has 2 atom stereocenters. The molecule has 1 aliphatic rings. The number of carbonyl (C=O) groups is 1. The fourth-order valence-corrected chi connectivity index (χ4v) is 4.17. The first kappa shape index (κ1) is 16.9. The van der Waals surface area contributed by atoms with Gasteiger partial charge in [-0.2, -0.15) is 0 Å². The number of nitrogens with two attached hydrogens (primary N) is 1. The van der Waals surface area contributed by atoms with Gasteiger partial charge in [-0.05, 0) is 36.2 Å². The van der Waals surface area contributed by atoms with Crippen LogP contribution in [0.5, 0.6) is 0 Å². The number of carbonyl (C=O) groups excluding carboxylic acids is 1. The topological polar surface area (TPSA) is 101 Å². The van der Waals surface area contributed by atoms with E-state index in [1.165, 1.54) is 18.2 Å². The molecule has 2 aromatic rings. The summed E-state index contributed by atoms with van der Waals surface area (Å²) in [6.45, 7) is 0.212. The Morgan fingerprint density at radius 2 is 2.12 bits per heavy atom. The van der Waals surface area contributed by atoms with Crippen LogP contribution < -0.4 is 15.8 Å². The normalized spacial score (nSPS) is 19.8. The summed E-state index contributed by atoms with van der Waals surface area (Å²) >= 11 is 1.02. The highest BCUT2D eigenvalue weighted by Crippen LogP contribution is 2.40. The third kappa shape index (κ3) is 4.11. The van der Waals surface area contributed by atoms with Crippen LogP contribution in [0, 0.1) is 5.82 Å².